The fraction of sp³-hybridized carbons (Fsp3) is 0.480. The van der Waals surface area contributed by atoms with Crippen LogP contribution in [0.2, 0.25) is 0 Å². The zero-order valence-corrected chi connectivity index (χ0v) is 20.7. The molecular weight excluding hydrogens is 473 g/mol. The maximum atomic E-state index is 14.3. The fourth-order valence-corrected chi connectivity index (χ4v) is 4.45. The first-order valence-corrected chi connectivity index (χ1v) is 12.0. The molecule has 0 aliphatic heterocycles. The molecule has 8 nitrogen and oxygen atoms in total. The van der Waals surface area contributed by atoms with Gasteiger partial charge in [0.1, 0.15) is 30.6 Å². The fourth-order valence-electron chi connectivity index (χ4n) is 4.45. The molecule has 36 heavy (non-hydrogen) atoms. The van der Waals surface area contributed by atoms with Crippen molar-refractivity contribution in [3.8, 4) is 0 Å². The molecule has 2 heterocycles. The van der Waals surface area contributed by atoms with Crippen molar-refractivity contribution in [3.05, 3.63) is 35.8 Å². The Hall–Kier alpha value is -3.50. The largest absolute Gasteiger partial charge is 0.351 e. The topological polar surface area (TPSA) is 102 Å². The molecular formula is C25H33F3N6O2. The van der Waals surface area contributed by atoms with Crippen LogP contribution in [0.5, 0.6) is 0 Å². The van der Waals surface area contributed by atoms with Gasteiger partial charge < -0.3 is 20.2 Å². The Bertz CT molecular complexity index is 1100. The van der Waals surface area contributed by atoms with E-state index in [1.165, 1.54) is 19.3 Å². The summed E-state index contributed by atoms with van der Waals surface area (Å²) in [5.74, 6) is -2.22. The predicted molar refractivity (Wildman–Crippen MR) is 134 cm³/mol. The maximum Gasteiger partial charge on any atom is 0.224 e. The zero-order chi connectivity index (χ0) is 26.7. The molecule has 1 unspecified atom stereocenters. The second-order valence-electron chi connectivity index (χ2n) is 8.41. The van der Waals surface area contributed by atoms with Gasteiger partial charge in [-0.05, 0) is 25.7 Å². The molecule has 0 spiro atoms. The van der Waals surface area contributed by atoms with E-state index in [1.54, 1.807) is 6.20 Å². The molecule has 4 rings (SSSR count). The second kappa shape index (κ2) is 14.2. The number of benzene rings is 1. The van der Waals surface area contributed by atoms with Crippen LogP contribution in [0.25, 0.3) is 11.2 Å². The molecule has 1 aliphatic carbocycles. The predicted octanol–water partition coefficient (Wildman–Crippen LogP) is 6.11. The van der Waals surface area contributed by atoms with Crippen LogP contribution in [-0.4, -0.2) is 39.1 Å². The summed E-state index contributed by atoms with van der Waals surface area (Å²) in [4.78, 5) is 29.7. The molecule has 0 bridgehead atoms. The third-order valence-corrected chi connectivity index (χ3v) is 6.07. The van der Waals surface area contributed by atoms with Crippen LogP contribution in [-0.2, 0) is 9.59 Å². The number of anilines is 3. The normalized spacial score (nSPS) is 14.2. The maximum absolute atomic E-state index is 14.3. The minimum absolute atomic E-state index is 0.0245. The Balaban J connectivity index is 0.00000109. The Morgan fingerprint density at radius 2 is 1.67 bits per heavy atom. The number of rotatable bonds is 8. The Morgan fingerprint density at radius 3 is 2.25 bits per heavy atom. The summed E-state index contributed by atoms with van der Waals surface area (Å²) in [6.07, 6.45) is 10.0. The van der Waals surface area contributed by atoms with Gasteiger partial charge in [0, 0.05) is 24.2 Å². The second-order valence-corrected chi connectivity index (χ2v) is 8.41. The van der Waals surface area contributed by atoms with Gasteiger partial charge in [0.25, 0.3) is 0 Å². The molecule has 11 heteroatoms. The van der Waals surface area contributed by atoms with Crippen LogP contribution in [0.1, 0.15) is 71.3 Å². The number of hydrogen-bond donors (Lipinski definition) is 2. The van der Waals surface area contributed by atoms with E-state index in [0.717, 1.165) is 32.1 Å². The SMILES string of the molecule is C=O.C=O.CCCC(CC)n1c(Nc2c(F)cc(F)cc2F)nc2cnc(NC3CCCCC3)nc21. The number of nitrogens with one attached hydrogen (secondary N) is 2. The molecule has 1 atom stereocenters. The number of hydrogen-bond acceptors (Lipinski definition) is 7. The number of imidazole rings is 1. The smallest absolute Gasteiger partial charge is 0.224 e. The van der Waals surface area contributed by atoms with E-state index in [0.29, 0.717) is 35.3 Å². The minimum Gasteiger partial charge on any atom is -0.351 e. The van der Waals surface area contributed by atoms with Crippen LogP contribution in [0.4, 0.5) is 30.8 Å². The summed E-state index contributed by atoms with van der Waals surface area (Å²) in [5.41, 5.74) is 0.686. The zero-order valence-electron chi connectivity index (χ0n) is 20.7. The summed E-state index contributed by atoms with van der Waals surface area (Å²) in [6.45, 7) is 8.14. The van der Waals surface area contributed by atoms with Gasteiger partial charge >= 0.3 is 0 Å². The van der Waals surface area contributed by atoms with Crippen molar-refractivity contribution in [2.24, 2.45) is 0 Å². The van der Waals surface area contributed by atoms with Gasteiger partial charge in [0.2, 0.25) is 11.9 Å². The highest BCUT2D eigenvalue weighted by Gasteiger charge is 2.23. The Kier molecular flexibility index (Phi) is 11.3. The molecule has 0 radical (unpaired) electrons. The van der Waals surface area contributed by atoms with E-state index in [-0.39, 0.29) is 12.0 Å². The molecule has 3 aromatic rings. The van der Waals surface area contributed by atoms with E-state index in [2.05, 4.69) is 34.4 Å². The van der Waals surface area contributed by atoms with Gasteiger partial charge in [-0.1, -0.05) is 39.5 Å². The lowest BCUT2D eigenvalue weighted by molar-refractivity contribution is -0.0987. The molecule has 1 saturated carbocycles. The van der Waals surface area contributed by atoms with Crippen LogP contribution >= 0.6 is 0 Å². The van der Waals surface area contributed by atoms with Crippen LogP contribution in [0, 0.1) is 17.5 Å². The number of nitrogens with zero attached hydrogens (tertiary/aromatic N) is 4. The summed E-state index contributed by atoms with van der Waals surface area (Å²) in [6, 6.07) is 1.66. The number of fused-ring (bicyclic) bond motifs is 1. The van der Waals surface area contributed by atoms with E-state index in [1.807, 2.05) is 18.1 Å². The van der Waals surface area contributed by atoms with Crippen molar-refractivity contribution in [3.63, 3.8) is 0 Å². The van der Waals surface area contributed by atoms with Crippen molar-refractivity contribution in [1.82, 2.24) is 19.5 Å². The van der Waals surface area contributed by atoms with Crippen LogP contribution in [0.15, 0.2) is 18.3 Å². The molecule has 1 aromatic carbocycles. The highest BCUT2D eigenvalue weighted by Crippen LogP contribution is 2.32. The first-order chi connectivity index (χ1) is 17.5. The number of aromatic nitrogens is 4. The number of halogens is 3. The quantitative estimate of drug-likeness (QED) is 0.380. The van der Waals surface area contributed by atoms with Crippen molar-refractivity contribution < 1.29 is 22.8 Å². The summed E-state index contributed by atoms with van der Waals surface area (Å²) >= 11 is 0. The van der Waals surface area contributed by atoms with E-state index < -0.39 is 23.1 Å². The van der Waals surface area contributed by atoms with Gasteiger partial charge in [0.15, 0.2) is 17.3 Å². The van der Waals surface area contributed by atoms with Gasteiger partial charge in [-0.25, -0.2) is 23.1 Å². The third-order valence-electron chi connectivity index (χ3n) is 6.07. The number of carbonyl (C=O) groups is 2. The average molecular weight is 507 g/mol. The first-order valence-electron chi connectivity index (χ1n) is 12.0. The summed E-state index contributed by atoms with van der Waals surface area (Å²) < 4.78 is 43.9. The molecule has 2 N–H and O–H groups in total. The minimum atomic E-state index is -1.02. The lowest BCUT2D eigenvalue weighted by atomic mass is 9.96. The van der Waals surface area contributed by atoms with Gasteiger partial charge in [-0.2, -0.15) is 4.98 Å². The van der Waals surface area contributed by atoms with E-state index in [9.17, 15) is 13.2 Å². The van der Waals surface area contributed by atoms with Gasteiger partial charge in [-0.15, -0.1) is 0 Å². The molecule has 1 fully saturated rings. The van der Waals surface area contributed by atoms with E-state index in [4.69, 9.17) is 14.6 Å². The molecule has 0 saturated heterocycles. The van der Waals surface area contributed by atoms with Crippen LogP contribution in [0.3, 0.4) is 0 Å². The van der Waals surface area contributed by atoms with Gasteiger partial charge in [-0.3, -0.25) is 4.57 Å². The van der Waals surface area contributed by atoms with Crippen molar-refractivity contribution >= 4 is 42.3 Å². The lowest BCUT2D eigenvalue weighted by Crippen LogP contribution is -2.23. The lowest BCUT2D eigenvalue weighted by Gasteiger charge is -2.23. The highest BCUT2D eigenvalue weighted by atomic mass is 19.1. The van der Waals surface area contributed by atoms with Gasteiger partial charge in [0.05, 0.1) is 6.20 Å². The average Bonchev–Trinajstić information content (AvgIpc) is 3.25. The monoisotopic (exact) mass is 506 g/mol. The van der Waals surface area contributed by atoms with E-state index >= 15 is 0 Å². The number of carbonyl (C=O) groups excluding carboxylic acids is 2. The Labute approximate surface area is 208 Å². The molecule has 2 aromatic heterocycles. The first kappa shape index (κ1) is 28.7. The summed E-state index contributed by atoms with van der Waals surface area (Å²) in [5, 5.41) is 6.17. The third kappa shape index (κ3) is 6.79. The van der Waals surface area contributed by atoms with Crippen LogP contribution < -0.4 is 10.6 Å². The molecule has 0 amide bonds. The standard InChI is InChI=1S/C23H29F3N6.2CH2O/c1-3-8-16(4-2)32-21-19(13-27-22(31-21)28-15-9-6-5-7-10-15)29-23(32)30-20-17(25)11-14(24)12-18(20)26;2*1-2/h11-13,15-16H,3-10H2,1-2H3,(H,29,30)(H,27,28,31);2*1H2. The molecule has 1 aliphatic rings. The van der Waals surface area contributed by atoms with Crippen molar-refractivity contribution in [2.45, 2.75) is 77.3 Å². The highest BCUT2D eigenvalue weighted by molar-refractivity contribution is 5.76. The molecule has 196 valence electrons. The Morgan fingerprint density at radius 1 is 1.03 bits per heavy atom. The summed E-state index contributed by atoms with van der Waals surface area (Å²) in [7, 11) is 0. The van der Waals surface area contributed by atoms with Crippen molar-refractivity contribution in [1.29, 1.82) is 0 Å². The van der Waals surface area contributed by atoms with Crippen molar-refractivity contribution in [2.75, 3.05) is 10.6 Å².